The summed E-state index contributed by atoms with van der Waals surface area (Å²) in [5, 5.41) is 22.8. The van der Waals surface area contributed by atoms with E-state index in [0.717, 1.165) is 112 Å². The third-order valence-electron chi connectivity index (χ3n) is 12.6. The zero-order valence-corrected chi connectivity index (χ0v) is 33.4. The third-order valence-corrected chi connectivity index (χ3v) is 12.6. The highest BCUT2D eigenvalue weighted by atomic mass is 19.1. The van der Waals surface area contributed by atoms with E-state index in [4.69, 9.17) is 5.10 Å². The van der Waals surface area contributed by atoms with Crippen molar-refractivity contribution < 1.29 is 23.6 Å². The van der Waals surface area contributed by atoms with E-state index >= 15 is 0 Å². The SMILES string of the molecule is O=C=C1CC[C@H](NC(=O)c2cc(N3CCC(CN4CCC(n5cc6cc(NC(=O)c7cccn8cnnc78)c(N7CCCCC7)cc6n5)CC4)CC3)ccc2F)C(=C=O)N1. The van der Waals surface area contributed by atoms with Gasteiger partial charge < -0.3 is 30.7 Å². The Labute approximate surface area is 346 Å². The number of allylic oxidation sites excluding steroid dienone is 1. The van der Waals surface area contributed by atoms with Gasteiger partial charge in [-0.1, -0.05) is 0 Å². The third kappa shape index (κ3) is 8.14. The number of carbonyl (C=O) groups is 2. The first-order chi connectivity index (χ1) is 29.3. The van der Waals surface area contributed by atoms with Gasteiger partial charge in [0.15, 0.2) is 5.65 Å². The van der Waals surface area contributed by atoms with Crippen molar-refractivity contribution in [2.24, 2.45) is 5.92 Å². The number of fused-ring (bicyclic) bond motifs is 2. The molecule has 0 radical (unpaired) electrons. The van der Waals surface area contributed by atoms with E-state index in [9.17, 15) is 23.6 Å². The molecule has 2 aromatic carbocycles. The molecule has 310 valence electrons. The van der Waals surface area contributed by atoms with Crippen LogP contribution in [0, 0.1) is 11.7 Å². The van der Waals surface area contributed by atoms with Gasteiger partial charge in [-0.05, 0) is 99.7 Å². The van der Waals surface area contributed by atoms with Gasteiger partial charge in [-0.15, -0.1) is 10.2 Å². The maximum absolute atomic E-state index is 14.9. The minimum Gasteiger partial charge on any atom is -0.371 e. The van der Waals surface area contributed by atoms with E-state index in [1.54, 1.807) is 40.8 Å². The lowest BCUT2D eigenvalue weighted by Gasteiger charge is -2.38. The van der Waals surface area contributed by atoms with Gasteiger partial charge in [-0.2, -0.15) is 5.10 Å². The Morgan fingerprint density at radius 1 is 0.867 bits per heavy atom. The zero-order chi connectivity index (χ0) is 41.2. The Balaban J connectivity index is 0.803. The maximum atomic E-state index is 14.9. The van der Waals surface area contributed by atoms with Gasteiger partial charge in [0, 0.05) is 75.7 Å². The number of aromatic nitrogens is 5. The molecule has 9 rings (SSSR count). The topological polar surface area (TPSA) is 162 Å². The molecule has 1 atom stereocenters. The van der Waals surface area contributed by atoms with E-state index in [1.807, 2.05) is 12.3 Å². The largest absolute Gasteiger partial charge is 0.371 e. The maximum Gasteiger partial charge on any atom is 0.259 e. The molecule has 5 aromatic rings. The van der Waals surface area contributed by atoms with Crippen LogP contribution in [0.3, 0.4) is 0 Å². The minimum absolute atomic E-state index is 0.0321. The van der Waals surface area contributed by atoms with Crippen LogP contribution in [-0.2, 0) is 9.59 Å². The van der Waals surface area contributed by atoms with Crippen LogP contribution in [0.5, 0.6) is 0 Å². The predicted molar refractivity (Wildman–Crippen MR) is 225 cm³/mol. The summed E-state index contributed by atoms with van der Waals surface area (Å²) >= 11 is 0. The van der Waals surface area contributed by atoms with Crippen molar-refractivity contribution in [1.82, 2.24) is 39.9 Å². The van der Waals surface area contributed by atoms with Gasteiger partial charge in [0.25, 0.3) is 11.8 Å². The fraction of sp³-hybridized carbons (Fsp3) is 0.432. The van der Waals surface area contributed by atoms with Crippen LogP contribution in [0.15, 0.2) is 72.6 Å². The van der Waals surface area contributed by atoms with E-state index < -0.39 is 17.8 Å². The van der Waals surface area contributed by atoms with Crippen molar-refractivity contribution in [3.8, 4) is 0 Å². The van der Waals surface area contributed by atoms with Gasteiger partial charge in [-0.3, -0.25) is 18.7 Å². The average molecular weight is 814 g/mol. The summed E-state index contributed by atoms with van der Waals surface area (Å²) in [6, 6.07) is 12.0. The number of benzene rings is 2. The van der Waals surface area contributed by atoms with Crippen LogP contribution in [-0.4, -0.2) is 105 Å². The number of halogens is 1. The van der Waals surface area contributed by atoms with Gasteiger partial charge >= 0.3 is 0 Å². The molecule has 4 fully saturated rings. The highest BCUT2D eigenvalue weighted by molar-refractivity contribution is 6.10. The second-order valence-corrected chi connectivity index (χ2v) is 16.4. The summed E-state index contributed by atoms with van der Waals surface area (Å²) in [4.78, 5) is 56.4. The molecular formula is C44H48FN11O4. The summed E-state index contributed by atoms with van der Waals surface area (Å²) in [5.74, 6) is 2.53. The van der Waals surface area contributed by atoms with Gasteiger partial charge in [0.1, 0.15) is 35.4 Å². The molecule has 7 heterocycles. The van der Waals surface area contributed by atoms with E-state index in [-0.39, 0.29) is 28.9 Å². The van der Waals surface area contributed by atoms with Crippen molar-refractivity contribution in [1.29, 1.82) is 0 Å². The number of piperidine rings is 4. The molecule has 60 heavy (non-hydrogen) atoms. The van der Waals surface area contributed by atoms with E-state index in [2.05, 4.69) is 63.9 Å². The molecule has 3 aromatic heterocycles. The van der Waals surface area contributed by atoms with Crippen LogP contribution in [0.25, 0.3) is 16.6 Å². The number of rotatable bonds is 9. The Hall–Kier alpha value is -6.34. The first-order valence-corrected chi connectivity index (χ1v) is 21.0. The Morgan fingerprint density at radius 2 is 1.68 bits per heavy atom. The van der Waals surface area contributed by atoms with Crippen LogP contribution >= 0.6 is 0 Å². The first kappa shape index (κ1) is 39.1. The number of nitrogens with one attached hydrogen (secondary N) is 3. The molecule has 16 heteroatoms. The molecule has 2 amide bonds. The summed E-state index contributed by atoms with van der Waals surface area (Å²) in [6.07, 6.45) is 13.6. The summed E-state index contributed by atoms with van der Waals surface area (Å²) in [5.41, 5.74) is 4.63. The highest BCUT2D eigenvalue weighted by Crippen LogP contribution is 2.35. The van der Waals surface area contributed by atoms with Crippen LogP contribution < -0.4 is 25.8 Å². The predicted octanol–water partition coefficient (Wildman–Crippen LogP) is 4.93. The fourth-order valence-corrected chi connectivity index (χ4v) is 9.27. The number of hydrogen-bond acceptors (Lipinski definition) is 11. The van der Waals surface area contributed by atoms with Crippen molar-refractivity contribution in [3.63, 3.8) is 0 Å². The number of hydrogen-bond donors (Lipinski definition) is 3. The molecule has 15 nitrogen and oxygen atoms in total. The summed E-state index contributed by atoms with van der Waals surface area (Å²) in [6.45, 7) is 6.46. The van der Waals surface area contributed by atoms with Crippen LogP contribution in [0.4, 0.5) is 21.5 Å². The molecule has 0 spiro atoms. The molecule has 4 saturated heterocycles. The first-order valence-electron chi connectivity index (χ1n) is 21.0. The van der Waals surface area contributed by atoms with Gasteiger partial charge in [0.2, 0.25) is 0 Å². The van der Waals surface area contributed by atoms with E-state index in [1.165, 1.54) is 12.5 Å². The standard InChI is InChI=1S/C44H48FN11O4/c45-36-8-7-33(22-35(36)44(60)48-37-9-6-31(26-57)47-40(37)27-58)53-19-10-29(11-20-53)24-52-17-12-32(13-18-52)56-25-30-21-39(41(23-38(30)51-56)54-14-2-1-3-15-54)49-43(59)34-5-4-16-55-28-46-50-42(34)55/h4-5,7-8,16,21-23,25,28-29,32,37,47H,1-3,6,9-15,17-20,24H2,(H,48,60)(H,49,59)/t37-/m0/s1. The van der Waals surface area contributed by atoms with Gasteiger partial charge in [-0.25, -0.2) is 14.0 Å². The average Bonchev–Trinajstić information content (AvgIpc) is 3.95. The lowest BCUT2D eigenvalue weighted by atomic mass is 9.94. The second kappa shape index (κ2) is 17.1. The number of likely N-dealkylation sites (tertiary alicyclic amines) is 1. The Kier molecular flexibility index (Phi) is 11.2. The fourth-order valence-electron chi connectivity index (χ4n) is 9.27. The Morgan fingerprint density at radius 3 is 2.47 bits per heavy atom. The summed E-state index contributed by atoms with van der Waals surface area (Å²) < 4.78 is 18.8. The normalized spacial score (nSPS) is 19.6. The van der Waals surface area contributed by atoms with Crippen molar-refractivity contribution >= 4 is 57.3 Å². The number of nitrogens with zero attached hydrogens (tertiary/aromatic N) is 8. The van der Waals surface area contributed by atoms with Crippen molar-refractivity contribution in [2.45, 2.75) is 69.9 Å². The summed E-state index contributed by atoms with van der Waals surface area (Å²) in [7, 11) is 0. The molecule has 4 aliphatic heterocycles. The lowest BCUT2D eigenvalue weighted by molar-refractivity contribution is 0.0934. The monoisotopic (exact) mass is 813 g/mol. The minimum atomic E-state index is -0.698. The van der Waals surface area contributed by atoms with Gasteiger partial charge in [0.05, 0.1) is 40.1 Å². The molecular weight excluding hydrogens is 766 g/mol. The van der Waals surface area contributed by atoms with Crippen molar-refractivity contribution in [3.05, 3.63) is 89.5 Å². The number of pyridine rings is 1. The quantitative estimate of drug-likeness (QED) is 0.173. The zero-order valence-electron chi connectivity index (χ0n) is 33.4. The molecule has 0 aliphatic carbocycles. The highest BCUT2D eigenvalue weighted by Gasteiger charge is 2.29. The van der Waals surface area contributed by atoms with Crippen LogP contribution in [0.2, 0.25) is 0 Å². The van der Waals surface area contributed by atoms with Crippen molar-refractivity contribution in [2.75, 3.05) is 60.9 Å². The Bertz CT molecular complexity index is 2520. The van der Waals surface area contributed by atoms with Crippen LogP contribution in [0.1, 0.15) is 84.5 Å². The molecule has 0 saturated carbocycles. The molecule has 0 unspecified atom stereocenters. The smallest absolute Gasteiger partial charge is 0.259 e. The number of anilines is 3. The lowest BCUT2D eigenvalue weighted by Crippen LogP contribution is -2.44. The van der Waals surface area contributed by atoms with E-state index in [0.29, 0.717) is 30.0 Å². The molecule has 4 aliphatic rings. The molecule has 3 N–H and O–H groups in total. The molecule has 0 bridgehead atoms. The second-order valence-electron chi connectivity index (χ2n) is 16.4. The number of carbonyl (C=O) groups excluding carboxylic acids is 4. The number of amides is 2.